The molecule has 1 saturated carbocycles. The second kappa shape index (κ2) is 6.76. The average Bonchev–Trinajstić information content (AvgIpc) is 2.85. The highest BCUT2D eigenvalue weighted by molar-refractivity contribution is 7.09. The van der Waals surface area contributed by atoms with E-state index in [2.05, 4.69) is 38.4 Å². The molecular weight excluding hydrogens is 280 g/mol. The van der Waals surface area contributed by atoms with Crippen molar-refractivity contribution in [1.29, 1.82) is 0 Å². The molecule has 4 heteroatoms. The van der Waals surface area contributed by atoms with Gasteiger partial charge in [-0.2, -0.15) is 0 Å². The van der Waals surface area contributed by atoms with Crippen molar-refractivity contribution in [3.05, 3.63) is 16.1 Å². The van der Waals surface area contributed by atoms with Crippen LogP contribution in [0, 0.1) is 18.3 Å². The fourth-order valence-corrected chi connectivity index (χ4v) is 4.88. The molecule has 0 bridgehead atoms. The van der Waals surface area contributed by atoms with Gasteiger partial charge in [-0.3, -0.25) is 0 Å². The Kier molecular flexibility index (Phi) is 5.44. The molecule has 1 fully saturated rings. The second-order valence-corrected chi connectivity index (χ2v) is 8.21. The standard InChI is InChI=1S/C17H30N2OS/c1-13-12-21-15(19-13)17(18-10-11-20-5)9-7-6-8-14(17)16(2,3)4/h12,14,18H,6-11H2,1-5H3. The third-order valence-corrected chi connectivity index (χ3v) is 5.84. The van der Waals surface area contributed by atoms with Gasteiger partial charge < -0.3 is 10.1 Å². The summed E-state index contributed by atoms with van der Waals surface area (Å²) >= 11 is 1.82. The maximum atomic E-state index is 5.26. The van der Waals surface area contributed by atoms with E-state index in [-0.39, 0.29) is 11.0 Å². The minimum absolute atomic E-state index is 0.0218. The van der Waals surface area contributed by atoms with Gasteiger partial charge >= 0.3 is 0 Å². The number of thiazole rings is 1. The van der Waals surface area contributed by atoms with Gasteiger partial charge in [0, 0.05) is 24.7 Å². The monoisotopic (exact) mass is 310 g/mol. The molecule has 1 heterocycles. The molecule has 1 aromatic rings. The quantitative estimate of drug-likeness (QED) is 0.831. The first kappa shape index (κ1) is 16.9. The normalized spacial score (nSPS) is 27.0. The van der Waals surface area contributed by atoms with Gasteiger partial charge in [0.15, 0.2) is 0 Å². The molecule has 120 valence electrons. The Morgan fingerprint density at radius 3 is 2.76 bits per heavy atom. The van der Waals surface area contributed by atoms with E-state index in [0.29, 0.717) is 5.92 Å². The Bertz CT molecular complexity index is 452. The maximum absolute atomic E-state index is 5.26. The van der Waals surface area contributed by atoms with Crippen LogP contribution in [-0.2, 0) is 10.3 Å². The summed E-state index contributed by atoms with van der Waals surface area (Å²) in [5.74, 6) is 0.612. The van der Waals surface area contributed by atoms with Gasteiger partial charge in [-0.25, -0.2) is 4.98 Å². The summed E-state index contributed by atoms with van der Waals surface area (Å²) in [7, 11) is 1.77. The summed E-state index contributed by atoms with van der Waals surface area (Å²) < 4.78 is 5.26. The minimum atomic E-state index is 0.0218. The number of aromatic nitrogens is 1. The van der Waals surface area contributed by atoms with E-state index in [1.54, 1.807) is 7.11 Å². The van der Waals surface area contributed by atoms with E-state index in [1.165, 1.54) is 30.7 Å². The molecule has 0 radical (unpaired) electrons. The van der Waals surface area contributed by atoms with Crippen LogP contribution in [0.25, 0.3) is 0 Å². The van der Waals surface area contributed by atoms with Crippen LogP contribution in [0.3, 0.4) is 0 Å². The molecule has 3 nitrogen and oxygen atoms in total. The molecule has 0 amide bonds. The van der Waals surface area contributed by atoms with Crippen LogP contribution in [0.15, 0.2) is 5.38 Å². The van der Waals surface area contributed by atoms with E-state index >= 15 is 0 Å². The summed E-state index contributed by atoms with van der Waals surface area (Å²) in [5.41, 5.74) is 1.44. The van der Waals surface area contributed by atoms with E-state index in [4.69, 9.17) is 9.72 Å². The number of methoxy groups -OCH3 is 1. The fraction of sp³-hybridized carbons (Fsp3) is 0.824. The molecular formula is C17H30N2OS. The first-order valence-electron chi connectivity index (χ1n) is 8.07. The minimum Gasteiger partial charge on any atom is -0.383 e. The smallest absolute Gasteiger partial charge is 0.113 e. The number of aryl methyl sites for hydroxylation is 1. The summed E-state index contributed by atoms with van der Waals surface area (Å²) in [6.07, 6.45) is 5.08. The number of ether oxygens (including phenoxy) is 1. The van der Waals surface area contributed by atoms with Crippen LogP contribution in [0.4, 0.5) is 0 Å². The van der Waals surface area contributed by atoms with Crippen molar-refractivity contribution >= 4 is 11.3 Å². The summed E-state index contributed by atoms with van der Waals surface area (Å²) in [6, 6.07) is 0. The SMILES string of the molecule is COCCNC1(c2nc(C)cs2)CCCCC1C(C)(C)C. The van der Waals surface area contributed by atoms with Gasteiger partial charge in [0.05, 0.1) is 12.1 Å². The van der Waals surface area contributed by atoms with Gasteiger partial charge in [-0.15, -0.1) is 11.3 Å². The van der Waals surface area contributed by atoms with Gasteiger partial charge in [0.1, 0.15) is 5.01 Å². The van der Waals surface area contributed by atoms with Crippen LogP contribution < -0.4 is 5.32 Å². The van der Waals surface area contributed by atoms with E-state index in [9.17, 15) is 0 Å². The van der Waals surface area contributed by atoms with Crippen molar-refractivity contribution in [2.24, 2.45) is 11.3 Å². The Hall–Kier alpha value is -0.450. The second-order valence-electron chi connectivity index (χ2n) is 7.35. The molecule has 0 aromatic carbocycles. The molecule has 2 unspecified atom stereocenters. The van der Waals surface area contributed by atoms with Crippen LogP contribution in [0.5, 0.6) is 0 Å². The largest absolute Gasteiger partial charge is 0.383 e. The Balaban J connectivity index is 2.37. The van der Waals surface area contributed by atoms with Crippen molar-refractivity contribution in [3.8, 4) is 0 Å². The Morgan fingerprint density at radius 2 is 2.19 bits per heavy atom. The lowest BCUT2D eigenvalue weighted by Crippen LogP contribution is -2.55. The molecule has 1 N–H and O–H groups in total. The highest BCUT2D eigenvalue weighted by atomic mass is 32.1. The fourth-order valence-electron chi connectivity index (χ4n) is 3.82. The molecule has 1 aliphatic carbocycles. The maximum Gasteiger partial charge on any atom is 0.113 e. The lowest BCUT2D eigenvalue weighted by atomic mass is 9.62. The van der Waals surface area contributed by atoms with Crippen molar-refractivity contribution in [1.82, 2.24) is 10.3 Å². The summed E-state index contributed by atoms with van der Waals surface area (Å²) in [5, 5.41) is 7.30. The third kappa shape index (κ3) is 3.66. The molecule has 21 heavy (non-hydrogen) atoms. The highest BCUT2D eigenvalue weighted by Crippen LogP contribution is 2.50. The van der Waals surface area contributed by atoms with Crippen LogP contribution in [-0.4, -0.2) is 25.2 Å². The molecule has 0 spiro atoms. The van der Waals surface area contributed by atoms with Crippen LogP contribution >= 0.6 is 11.3 Å². The number of nitrogens with zero attached hydrogens (tertiary/aromatic N) is 1. The van der Waals surface area contributed by atoms with Crippen molar-refractivity contribution in [2.45, 2.75) is 58.9 Å². The zero-order valence-corrected chi connectivity index (χ0v) is 15.0. The number of hydrogen-bond donors (Lipinski definition) is 1. The zero-order chi connectivity index (χ0) is 15.5. The van der Waals surface area contributed by atoms with E-state index in [1.807, 2.05) is 11.3 Å². The van der Waals surface area contributed by atoms with Gasteiger partial charge in [-0.05, 0) is 31.1 Å². The van der Waals surface area contributed by atoms with Crippen LogP contribution in [0.2, 0.25) is 0 Å². The molecule has 1 aromatic heterocycles. The van der Waals surface area contributed by atoms with E-state index < -0.39 is 0 Å². The molecule has 2 rings (SSSR count). The summed E-state index contributed by atoms with van der Waals surface area (Å²) in [6.45, 7) is 10.9. The predicted molar refractivity (Wildman–Crippen MR) is 89.8 cm³/mol. The highest BCUT2D eigenvalue weighted by Gasteiger charge is 2.48. The lowest BCUT2D eigenvalue weighted by Gasteiger charge is -2.49. The molecule has 1 aliphatic rings. The average molecular weight is 311 g/mol. The zero-order valence-electron chi connectivity index (χ0n) is 14.2. The number of hydrogen-bond acceptors (Lipinski definition) is 4. The number of rotatable bonds is 5. The van der Waals surface area contributed by atoms with Crippen molar-refractivity contribution < 1.29 is 4.74 Å². The third-order valence-electron chi connectivity index (χ3n) is 4.70. The Labute approximate surface area is 133 Å². The van der Waals surface area contributed by atoms with E-state index in [0.717, 1.165) is 18.8 Å². The number of nitrogens with one attached hydrogen (secondary N) is 1. The van der Waals surface area contributed by atoms with Crippen molar-refractivity contribution in [2.75, 3.05) is 20.3 Å². The van der Waals surface area contributed by atoms with Gasteiger partial charge in [0.2, 0.25) is 0 Å². The van der Waals surface area contributed by atoms with Gasteiger partial charge in [-0.1, -0.05) is 33.6 Å². The Morgan fingerprint density at radius 1 is 1.43 bits per heavy atom. The van der Waals surface area contributed by atoms with Gasteiger partial charge in [0.25, 0.3) is 0 Å². The molecule has 2 atom stereocenters. The molecule has 0 aliphatic heterocycles. The van der Waals surface area contributed by atoms with Crippen molar-refractivity contribution in [3.63, 3.8) is 0 Å². The lowest BCUT2D eigenvalue weighted by molar-refractivity contribution is 0.0417. The van der Waals surface area contributed by atoms with Crippen LogP contribution in [0.1, 0.15) is 57.2 Å². The molecule has 0 saturated heterocycles. The first-order chi connectivity index (χ1) is 9.90. The summed E-state index contributed by atoms with van der Waals surface area (Å²) in [4.78, 5) is 4.86. The topological polar surface area (TPSA) is 34.1 Å². The first-order valence-corrected chi connectivity index (χ1v) is 8.94. The predicted octanol–water partition coefficient (Wildman–Crippen LogP) is 4.12.